The SMILES string of the molecule is NC(=S)C1(C(=O)NCCc2cscn2)CC1. The van der Waals surface area contributed by atoms with Crippen LogP contribution < -0.4 is 11.1 Å². The minimum Gasteiger partial charge on any atom is -0.392 e. The summed E-state index contributed by atoms with van der Waals surface area (Å²) in [6, 6.07) is 0. The van der Waals surface area contributed by atoms with Crippen molar-refractivity contribution in [1.82, 2.24) is 10.3 Å². The molecule has 0 bridgehead atoms. The highest BCUT2D eigenvalue weighted by atomic mass is 32.1. The van der Waals surface area contributed by atoms with E-state index in [0.29, 0.717) is 11.5 Å². The number of thiazole rings is 1. The van der Waals surface area contributed by atoms with Crippen molar-refractivity contribution in [1.29, 1.82) is 0 Å². The van der Waals surface area contributed by atoms with E-state index < -0.39 is 5.41 Å². The molecule has 0 spiro atoms. The number of carbonyl (C=O) groups excluding carboxylic acids is 1. The Morgan fingerprint density at radius 2 is 2.44 bits per heavy atom. The number of hydrogen-bond donors (Lipinski definition) is 2. The molecule has 1 aliphatic carbocycles. The first-order valence-electron chi connectivity index (χ1n) is 5.10. The normalized spacial score (nSPS) is 16.8. The summed E-state index contributed by atoms with van der Waals surface area (Å²) >= 11 is 6.46. The van der Waals surface area contributed by atoms with E-state index in [-0.39, 0.29) is 5.91 Å². The van der Waals surface area contributed by atoms with Crippen LogP contribution in [0.5, 0.6) is 0 Å². The average molecular weight is 255 g/mol. The fourth-order valence-electron chi connectivity index (χ4n) is 1.54. The summed E-state index contributed by atoms with van der Waals surface area (Å²) in [5.41, 5.74) is 7.81. The molecule has 16 heavy (non-hydrogen) atoms. The van der Waals surface area contributed by atoms with E-state index in [9.17, 15) is 4.79 Å². The highest BCUT2D eigenvalue weighted by Gasteiger charge is 2.52. The van der Waals surface area contributed by atoms with Gasteiger partial charge in [-0.05, 0) is 12.8 Å². The number of carbonyl (C=O) groups is 1. The quantitative estimate of drug-likeness (QED) is 0.766. The maximum Gasteiger partial charge on any atom is 0.233 e. The summed E-state index contributed by atoms with van der Waals surface area (Å²) in [5.74, 6) is -0.0322. The molecule has 1 heterocycles. The number of nitrogens with zero attached hydrogens (tertiary/aromatic N) is 1. The van der Waals surface area contributed by atoms with Gasteiger partial charge in [-0.1, -0.05) is 12.2 Å². The van der Waals surface area contributed by atoms with Crippen molar-refractivity contribution < 1.29 is 4.79 Å². The molecule has 0 radical (unpaired) electrons. The molecule has 1 amide bonds. The van der Waals surface area contributed by atoms with Crippen LogP contribution in [0.4, 0.5) is 0 Å². The van der Waals surface area contributed by atoms with Crippen LogP contribution in [0.25, 0.3) is 0 Å². The van der Waals surface area contributed by atoms with Gasteiger partial charge in [0.2, 0.25) is 5.91 Å². The minimum absolute atomic E-state index is 0.0322. The van der Waals surface area contributed by atoms with Crippen molar-refractivity contribution in [3.05, 3.63) is 16.6 Å². The van der Waals surface area contributed by atoms with Crippen molar-refractivity contribution in [3.8, 4) is 0 Å². The number of thiocarbonyl (C=S) groups is 1. The van der Waals surface area contributed by atoms with Gasteiger partial charge in [-0.2, -0.15) is 0 Å². The number of nitrogens with one attached hydrogen (secondary N) is 1. The molecular formula is C10H13N3OS2. The summed E-state index contributed by atoms with van der Waals surface area (Å²) in [4.78, 5) is 16.3. The Morgan fingerprint density at radius 3 is 2.94 bits per heavy atom. The van der Waals surface area contributed by atoms with Gasteiger partial charge in [-0.3, -0.25) is 4.79 Å². The second-order valence-electron chi connectivity index (χ2n) is 3.93. The molecule has 1 aromatic rings. The van der Waals surface area contributed by atoms with Crippen molar-refractivity contribution in [2.24, 2.45) is 11.1 Å². The summed E-state index contributed by atoms with van der Waals surface area (Å²) in [6.07, 6.45) is 2.32. The number of hydrogen-bond acceptors (Lipinski definition) is 4. The Balaban J connectivity index is 1.79. The second kappa shape index (κ2) is 4.47. The molecule has 4 nitrogen and oxygen atoms in total. The molecule has 1 aliphatic rings. The molecule has 1 saturated carbocycles. The summed E-state index contributed by atoms with van der Waals surface area (Å²) < 4.78 is 0. The first kappa shape index (κ1) is 11.5. The maximum absolute atomic E-state index is 11.8. The third-order valence-electron chi connectivity index (χ3n) is 2.81. The van der Waals surface area contributed by atoms with Crippen LogP contribution >= 0.6 is 23.6 Å². The average Bonchev–Trinajstić information content (AvgIpc) is 2.92. The molecule has 2 rings (SSSR count). The van der Waals surface area contributed by atoms with E-state index >= 15 is 0 Å². The molecule has 0 saturated heterocycles. The Morgan fingerprint density at radius 1 is 1.69 bits per heavy atom. The van der Waals surface area contributed by atoms with Crippen molar-refractivity contribution in [3.63, 3.8) is 0 Å². The molecule has 0 aromatic carbocycles. The van der Waals surface area contributed by atoms with Gasteiger partial charge in [0.15, 0.2) is 0 Å². The van der Waals surface area contributed by atoms with E-state index in [1.165, 1.54) is 0 Å². The standard InChI is InChI=1S/C10H13N3OS2/c11-8(15)10(2-3-10)9(14)12-4-1-7-5-16-6-13-7/h5-6H,1-4H2,(H2,11,15)(H,12,14). The molecule has 1 fully saturated rings. The predicted molar refractivity (Wildman–Crippen MR) is 67.3 cm³/mol. The zero-order valence-corrected chi connectivity index (χ0v) is 10.4. The molecule has 0 aliphatic heterocycles. The third kappa shape index (κ3) is 2.22. The van der Waals surface area contributed by atoms with Crippen LogP contribution in [-0.2, 0) is 11.2 Å². The lowest BCUT2D eigenvalue weighted by Crippen LogP contribution is -2.40. The van der Waals surface area contributed by atoms with Crippen LogP contribution in [0.15, 0.2) is 10.9 Å². The molecule has 86 valence electrons. The van der Waals surface area contributed by atoms with Crippen molar-refractivity contribution >= 4 is 34.5 Å². The lowest BCUT2D eigenvalue weighted by atomic mass is 10.1. The second-order valence-corrected chi connectivity index (χ2v) is 5.09. The first-order chi connectivity index (χ1) is 7.65. The molecule has 6 heteroatoms. The first-order valence-corrected chi connectivity index (χ1v) is 6.45. The molecule has 0 atom stereocenters. The summed E-state index contributed by atoms with van der Waals surface area (Å²) in [6.45, 7) is 0.590. The number of rotatable bonds is 5. The van der Waals surface area contributed by atoms with Gasteiger partial charge in [0.1, 0.15) is 0 Å². The molecular weight excluding hydrogens is 242 g/mol. The lowest BCUT2D eigenvalue weighted by molar-refractivity contribution is -0.123. The highest BCUT2D eigenvalue weighted by Crippen LogP contribution is 2.46. The monoisotopic (exact) mass is 255 g/mol. The van der Waals surface area contributed by atoms with Crippen LogP contribution in [0, 0.1) is 5.41 Å². The van der Waals surface area contributed by atoms with Crippen molar-refractivity contribution in [2.75, 3.05) is 6.54 Å². The Bertz CT molecular complexity index is 398. The lowest BCUT2D eigenvalue weighted by Gasteiger charge is -2.12. The van der Waals surface area contributed by atoms with E-state index in [1.54, 1.807) is 16.8 Å². The topological polar surface area (TPSA) is 68.0 Å². The fourth-order valence-corrected chi connectivity index (χ4v) is 2.43. The Kier molecular flexibility index (Phi) is 3.20. The van der Waals surface area contributed by atoms with Gasteiger partial charge in [-0.15, -0.1) is 11.3 Å². The Labute approximate surface area is 103 Å². The van der Waals surface area contributed by atoms with Gasteiger partial charge in [0.05, 0.1) is 21.6 Å². The number of amides is 1. The zero-order valence-electron chi connectivity index (χ0n) is 8.73. The van der Waals surface area contributed by atoms with Crippen LogP contribution in [0.1, 0.15) is 18.5 Å². The van der Waals surface area contributed by atoms with E-state index in [1.807, 2.05) is 5.38 Å². The van der Waals surface area contributed by atoms with Gasteiger partial charge in [0.25, 0.3) is 0 Å². The third-order valence-corrected chi connectivity index (χ3v) is 3.83. The van der Waals surface area contributed by atoms with Crippen LogP contribution in [0.3, 0.4) is 0 Å². The van der Waals surface area contributed by atoms with Gasteiger partial charge in [-0.25, -0.2) is 4.98 Å². The predicted octanol–water partition coefficient (Wildman–Crippen LogP) is 0.868. The van der Waals surface area contributed by atoms with Gasteiger partial charge in [0, 0.05) is 18.3 Å². The molecule has 0 unspecified atom stereocenters. The van der Waals surface area contributed by atoms with E-state index in [4.69, 9.17) is 18.0 Å². The largest absolute Gasteiger partial charge is 0.392 e. The van der Waals surface area contributed by atoms with Gasteiger partial charge >= 0.3 is 0 Å². The Hall–Kier alpha value is -1.01. The minimum atomic E-state index is -0.544. The van der Waals surface area contributed by atoms with E-state index in [0.717, 1.165) is 25.0 Å². The zero-order chi connectivity index (χ0) is 11.6. The maximum atomic E-state index is 11.8. The number of nitrogens with two attached hydrogens (primary N) is 1. The summed E-state index contributed by atoms with van der Waals surface area (Å²) in [7, 11) is 0. The smallest absolute Gasteiger partial charge is 0.233 e. The highest BCUT2D eigenvalue weighted by molar-refractivity contribution is 7.80. The van der Waals surface area contributed by atoms with Crippen LogP contribution in [0.2, 0.25) is 0 Å². The van der Waals surface area contributed by atoms with Gasteiger partial charge < -0.3 is 11.1 Å². The summed E-state index contributed by atoms with van der Waals surface area (Å²) in [5, 5.41) is 4.84. The fraction of sp³-hybridized carbons (Fsp3) is 0.500. The van der Waals surface area contributed by atoms with Crippen molar-refractivity contribution in [2.45, 2.75) is 19.3 Å². The number of aromatic nitrogens is 1. The molecule has 3 N–H and O–H groups in total. The molecule has 1 aromatic heterocycles. The van der Waals surface area contributed by atoms with Crippen LogP contribution in [-0.4, -0.2) is 22.4 Å². The van der Waals surface area contributed by atoms with E-state index in [2.05, 4.69) is 10.3 Å².